The van der Waals surface area contributed by atoms with Gasteiger partial charge in [0.05, 0.1) is 5.69 Å². The van der Waals surface area contributed by atoms with E-state index >= 15 is 0 Å². The SMILES string of the molecule is CC1(C)c2ccccc2-c2c(Nc3cc(-c4ccccc4)ccc3F)cccc21. The van der Waals surface area contributed by atoms with Gasteiger partial charge in [-0.25, -0.2) is 4.39 Å². The fourth-order valence-corrected chi connectivity index (χ4v) is 4.44. The second-order valence-corrected chi connectivity index (χ2v) is 8.08. The Morgan fingerprint density at radius 2 is 1.38 bits per heavy atom. The normalized spacial score (nSPS) is 13.6. The van der Waals surface area contributed by atoms with Gasteiger partial charge in [0, 0.05) is 16.7 Å². The quantitative estimate of drug-likeness (QED) is 0.388. The Bertz CT molecular complexity index is 1210. The zero-order valence-corrected chi connectivity index (χ0v) is 16.5. The second kappa shape index (κ2) is 6.59. The molecule has 1 N–H and O–H groups in total. The highest BCUT2D eigenvalue weighted by molar-refractivity contribution is 5.91. The Balaban J connectivity index is 1.62. The summed E-state index contributed by atoms with van der Waals surface area (Å²) in [6.45, 7) is 4.50. The zero-order valence-electron chi connectivity index (χ0n) is 16.5. The van der Waals surface area contributed by atoms with Gasteiger partial charge >= 0.3 is 0 Å². The highest BCUT2D eigenvalue weighted by Crippen LogP contribution is 2.51. The lowest BCUT2D eigenvalue weighted by Gasteiger charge is -2.21. The van der Waals surface area contributed by atoms with Gasteiger partial charge in [-0.3, -0.25) is 0 Å². The van der Waals surface area contributed by atoms with Crippen LogP contribution >= 0.6 is 0 Å². The van der Waals surface area contributed by atoms with Crippen LogP contribution in [0.5, 0.6) is 0 Å². The number of hydrogen-bond donors (Lipinski definition) is 1. The molecular weight excluding hydrogens is 357 g/mol. The summed E-state index contributed by atoms with van der Waals surface area (Å²) in [5.74, 6) is -0.257. The standard InChI is InChI=1S/C27H22FN/c1-27(2)21-12-7-6-11-20(21)26-22(27)13-8-14-24(26)29-25-17-19(15-16-23(25)28)18-9-4-3-5-10-18/h3-17,29H,1-2H3. The van der Waals surface area contributed by atoms with Crippen molar-refractivity contribution in [2.75, 3.05) is 5.32 Å². The molecule has 0 bridgehead atoms. The van der Waals surface area contributed by atoms with Crippen LogP contribution in [0.3, 0.4) is 0 Å². The smallest absolute Gasteiger partial charge is 0.146 e. The van der Waals surface area contributed by atoms with Crippen LogP contribution < -0.4 is 5.32 Å². The molecule has 0 spiro atoms. The van der Waals surface area contributed by atoms with Crippen molar-refractivity contribution in [1.29, 1.82) is 0 Å². The third kappa shape index (κ3) is 2.84. The van der Waals surface area contributed by atoms with Crippen molar-refractivity contribution in [2.24, 2.45) is 0 Å². The molecule has 0 saturated carbocycles. The Hall–Kier alpha value is -3.39. The van der Waals surface area contributed by atoms with Crippen molar-refractivity contribution in [3.05, 3.63) is 108 Å². The number of rotatable bonds is 3. The van der Waals surface area contributed by atoms with E-state index in [-0.39, 0.29) is 11.2 Å². The van der Waals surface area contributed by atoms with Gasteiger partial charge in [0.1, 0.15) is 5.82 Å². The largest absolute Gasteiger partial charge is 0.353 e. The van der Waals surface area contributed by atoms with Gasteiger partial charge in [0.25, 0.3) is 0 Å². The maximum absolute atomic E-state index is 14.7. The first-order chi connectivity index (χ1) is 14.1. The predicted octanol–water partition coefficient (Wildman–Crippen LogP) is 7.54. The van der Waals surface area contributed by atoms with Crippen LogP contribution in [0.4, 0.5) is 15.8 Å². The average molecular weight is 379 g/mol. The molecule has 4 aromatic carbocycles. The highest BCUT2D eigenvalue weighted by atomic mass is 19.1. The van der Waals surface area contributed by atoms with E-state index in [4.69, 9.17) is 0 Å². The third-order valence-corrected chi connectivity index (χ3v) is 5.95. The molecule has 0 atom stereocenters. The number of benzene rings is 4. The molecule has 4 aromatic rings. The third-order valence-electron chi connectivity index (χ3n) is 5.95. The van der Waals surface area contributed by atoms with Crippen molar-refractivity contribution in [3.8, 4) is 22.3 Å². The van der Waals surface area contributed by atoms with Crippen molar-refractivity contribution >= 4 is 11.4 Å². The lowest BCUT2D eigenvalue weighted by Crippen LogP contribution is -2.14. The molecule has 1 nitrogen and oxygen atoms in total. The van der Waals surface area contributed by atoms with Crippen molar-refractivity contribution < 1.29 is 4.39 Å². The van der Waals surface area contributed by atoms with E-state index in [1.165, 1.54) is 22.8 Å². The number of nitrogens with one attached hydrogen (secondary N) is 1. The molecule has 0 radical (unpaired) electrons. The Morgan fingerprint density at radius 1 is 0.655 bits per heavy atom. The van der Waals surface area contributed by atoms with Gasteiger partial charge in [-0.1, -0.05) is 86.6 Å². The maximum Gasteiger partial charge on any atom is 0.146 e. The van der Waals surface area contributed by atoms with E-state index in [9.17, 15) is 4.39 Å². The van der Waals surface area contributed by atoms with E-state index in [0.717, 1.165) is 22.4 Å². The summed E-state index contributed by atoms with van der Waals surface area (Å²) in [5, 5.41) is 3.39. The van der Waals surface area contributed by atoms with Crippen molar-refractivity contribution in [3.63, 3.8) is 0 Å². The van der Waals surface area contributed by atoms with Crippen molar-refractivity contribution in [2.45, 2.75) is 19.3 Å². The Labute approximate surface area is 170 Å². The molecular formula is C27H22FN. The molecule has 0 aliphatic heterocycles. The van der Waals surface area contributed by atoms with E-state index in [1.54, 1.807) is 0 Å². The summed E-state index contributed by atoms with van der Waals surface area (Å²) in [5.41, 5.74) is 8.36. The van der Waals surface area contributed by atoms with Gasteiger partial charge in [0.15, 0.2) is 0 Å². The summed E-state index contributed by atoms with van der Waals surface area (Å²) in [6.07, 6.45) is 0. The topological polar surface area (TPSA) is 12.0 Å². The number of halogens is 1. The minimum absolute atomic E-state index is 0.0753. The average Bonchev–Trinajstić information content (AvgIpc) is 2.99. The first kappa shape index (κ1) is 17.7. The number of hydrogen-bond acceptors (Lipinski definition) is 1. The Morgan fingerprint density at radius 3 is 2.21 bits per heavy atom. The molecule has 0 unspecified atom stereocenters. The fraction of sp³-hybridized carbons (Fsp3) is 0.111. The lowest BCUT2D eigenvalue weighted by atomic mass is 9.82. The minimum atomic E-state index is -0.257. The molecule has 29 heavy (non-hydrogen) atoms. The van der Waals surface area contributed by atoms with Crippen LogP contribution in [0.15, 0.2) is 91.0 Å². The van der Waals surface area contributed by atoms with Crippen LogP contribution in [0.2, 0.25) is 0 Å². The summed E-state index contributed by atoms with van der Waals surface area (Å²) >= 11 is 0. The van der Waals surface area contributed by atoms with Gasteiger partial charge in [0.2, 0.25) is 0 Å². The van der Waals surface area contributed by atoms with Crippen LogP contribution in [0, 0.1) is 5.82 Å². The Kier molecular flexibility index (Phi) is 4.02. The van der Waals surface area contributed by atoms with Gasteiger partial charge < -0.3 is 5.32 Å². The van der Waals surface area contributed by atoms with Crippen LogP contribution in [-0.2, 0) is 5.41 Å². The van der Waals surface area contributed by atoms with Crippen LogP contribution in [-0.4, -0.2) is 0 Å². The molecule has 0 amide bonds. The molecule has 0 aromatic heterocycles. The van der Waals surface area contributed by atoms with Crippen LogP contribution in [0.25, 0.3) is 22.3 Å². The zero-order chi connectivity index (χ0) is 20.0. The summed E-state index contributed by atoms with van der Waals surface area (Å²) in [7, 11) is 0. The minimum Gasteiger partial charge on any atom is -0.353 e. The summed E-state index contributed by atoms with van der Waals surface area (Å²) < 4.78 is 14.7. The highest BCUT2D eigenvalue weighted by Gasteiger charge is 2.36. The lowest BCUT2D eigenvalue weighted by molar-refractivity contribution is 0.632. The monoisotopic (exact) mass is 379 g/mol. The molecule has 0 heterocycles. The van der Waals surface area contributed by atoms with E-state index in [0.29, 0.717) is 5.69 Å². The molecule has 0 saturated heterocycles. The summed E-state index contributed by atoms with van der Waals surface area (Å²) in [4.78, 5) is 0. The van der Waals surface area contributed by atoms with Gasteiger partial charge in [-0.2, -0.15) is 0 Å². The molecule has 2 heteroatoms. The molecule has 1 aliphatic carbocycles. The molecule has 0 fully saturated rings. The molecule has 1 aliphatic rings. The van der Waals surface area contributed by atoms with Crippen molar-refractivity contribution in [1.82, 2.24) is 0 Å². The predicted molar refractivity (Wildman–Crippen MR) is 119 cm³/mol. The van der Waals surface area contributed by atoms with E-state index in [1.807, 2.05) is 54.6 Å². The molecule has 142 valence electrons. The number of anilines is 2. The fourth-order valence-electron chi connectivity index (χ4n) is 4.44. The molecule has 5 rings (SSSR count). The number of fused-ring (bicyclic) bond motifs is 3. The first-order valence-electron chi connectivity index (χ1n) is 9.91. The first-order valence-corrected chi connectivity index (χ1v) is 9.91. The second-order valence-electron chi connectivity index (χ2n) is 8.08. The van der Waals surface area contributed by atoms with Gasteiger partial charge in [-0.15, -0.1) is 0 Å². The maximum atomic E-state index is 14.7. The summed E-state index contributed by atoms with van der Waals surface area (Å²) in [6, 6.07) is 30.1. The van der Waals surface area contributed by atoms with E-state index in [2.05, 4.69) is 49.5 Å². The van der Waals surface area contributed by atoms with Crippen LogP contribution in [0.1, 0.15) is 25.0 Å². The van der Waals surface area contributed by atoms with Gasteiger partial charge in [-0.05, 0) is 46.0 Å². The van der Waals surface area contributed by atoms with E-state index < -0.39 is 0 Å².